The first-order valence-electron chi connectivity index (χ1n) is 10.7. The van der Waals surface area contributed by atoms with Gasteiger partial charge in [-0.25, -0.2) is 18.7 Å². The fourth-order valence-corrected chi connectivity index (χ4v) is 5.01. The predicted molar refractivity (Wildman–Crippen MR) is 127 cm³/mol. The number of hydrogen-bond acceptors (Lipinski definition) is 7. The minimum absolute atomic E-state index is 0.00484. The van der Waals surface area contributed by atoms with Crippen molar-refractivity contribution in [1.29, 1.82) is 0 Å². The molecule has 170 valence electrons. The van der Waals surface area contributed by atoms with E-state index >= 15 is 0 Å². The van der Waals surface area contributed by atoms with Crippen LogP contribution < -0.4 is 21.9 Å². The molecule has 0 saturated carbocycles. The summed E-state index contributed by atoms with van der Waals surface area (Å²) in [5, 5.41) is 0.167. The van der Waals surface area contributed by atoms with Crippen LogP contribution in [0.3, 0.4) is 0 Å². The molecule has 1 aromatic carbocycles. The number of rotatable bonds is 2. The lowest BCUT2D eigenvalue weighted by Gasteiger charge is -2.31. The van der Waals surface area contributed by atoms with Crippen LogP contribution in [-0.4, -0.2) is 42.8 Å². The van der Waals surface area contributed by atoms with Gasteiger partial charge in [-0.3, -0.25) is 9.36 Å². The minimum Gasteiger partial charge on any atom is -0.340 e. The van der Waals surface area contributed by atoms with Crippen LogP contribution in [0.2, 0.25) is 0 Å². The number of nitrogens with two attached hydrogens (primary N) is 1. The lowest BCUT2D eigenvalue weighted by molar-refractivity contribution is 0.499. The Labute approximate surface area is 191 Å². The van der Waals surface area contributed by atoms with E-state index < -0.39 is 17.1 Å². The Morgan fingerprint density at radius 1 is 1.30 bits per heavy atom. The van der Waals surface area contributed by atoms with Gasteiger partial charge in [-0.1, -0.05) is 24.2 Å². The van der Waals surface area contributed by atoms with Crippen molar-refractivity contribution in [1.82, 2.24) is 23.7 Å². The molecule has 33 heavy (non-hydrogen) atoms. The summed E-state index contributed by atoms with van der Waals surface area (Å²) in [5.74, 6) is 3.07. The largest absolute Gasteiger partial charge is 0.340 e. The van der Waals surface area contributed by atoms with Crippen molar-refractivity contribution in [3.05, 3.63) is 44.9 Å². The molecule has 1 saturated heterocycles. The van der Waals surface area contributed by atoms with Crippen molar-refractivity contribution >= 4 is 38.7 Å². The number of aromatic nitrogens is 5. The molecule has 1 fully saturated rings. The second-order valence-electron chi connectivity index (χ2n) is 8.00. The molecule has 11 heteroatoms. The fourth-order valence-electron chi connectivity index (χ4n) is 4.08. The summed E-state index contributed by atoms with van der Waals surface area (Å²) >= 11 is 1.14. The molecule has 0 amide bonds. The topological polar surface area (TPSA) is 104 Å². The average Bonchev–Trinajstić information content (AvgIpc) is 3.37. The van der Waals surface area contributed by atoms with Gasteiger partial charge in [0.15, 0.2) is 11.2 Å². The van der Waals surface area contributed by atoms with E-state index in [0.717, 1.165) is 35.3 Å². The van der Waals surface area contributed by atoms with Gasteiger partial charge in [0.1, 0.15) is 5.82 Å². The smallest absolute Gasteiger partial charge is 0.339 e. The molecule has 1 aliphatic heterocycles. The summed E-state index contributed by atoms with van der Waals surface area (Å²) in [4.78, 5) is 37.9. The van der Waals surface area contributed by atoms with Crippen LogP contribution in [0.4, 0.5) is 10.3 Å². The van der Waals surface area contributed by atoms with Crippen LogP contribution in [0, 0.1) is 17.8 Å². The van der Waals surface area contributed by atoms with E-state index in [2.05, 4.69) is 21.9 Å². The molecule has 3 aromatic heterocycles. The predicted octanol–water partition coefficient (Wildman–Crippen LogP) is 1.78. The van der Waals surface area contributed by atoms with Crippen molar-refractivity contribution in [2.45, 2.75) is 32.2 Å². The summed E-state index contributed by atoms with van der Waals surface area (Å²) in [6, 6.07) is 7.19. The molecule has 9 nitrogen and oxygen atoms in total. The number of anilines is 1. The molecule has 0 radical (unpaired) electrons. The van der Waals surface area contributed by atoms with Crippen molar-refractivity contribution in [3.8, 4) is 17.1 Å². The van der Waals surface area contributed by atoms with Gasteiger partial charge in [-0.05, 0) is 25.0 Å². The first kappa shape index (κ1) is 21.4. The van der Waals surface area contributed by atoms with E-state index in [1.54, 1.807) is 17.7 Å². The number of benzene rings is 1. The summed E-state index contributed by atoms with van der Waals surface area (Å²) < 4.78 is 18.2. The maximum absolute atomic E-state index is 13.7. The monoisotopic (exact) mass is 467 g/mol. The van der Waals surface area contributed by atoms with Crippen LogP contribution in [0.1, 0.15) is 26.2 Å². The van der Waals surface area contributed by atoms with Gasteiger partial charge in [0.25, 0.3) is 5.56 Å². The summed E-state index contributed by atoms with van der Waals surface area (Å²) in [6.07, 6.45) is 2.40. The number of piperidine rings is 1. The third kappa shape index (κ3) is 3.51. The zero-order valence-electron chi connectivity index (χ0n) is 18.2. The Hall–Kier alpha value is -3.49. The zero-order chi connectivity index (χ0) is 23.3. The Bertz CT molecular complexity index is 1570. The normalized spacial score (nSPS) is 16.4. The highest BCUT2D eigenvalue weighted by molar-refractivity contribution is 7.20. The van der Waals surface area contributed by atoms with E-state index in [1.807, 2.05) is 11.8 Å². The van der Waals surface area contributed by atoms with E-state index in [1.165, 1.54) is 16.7 Å². The Balaban J connectivity index is 1.80. The standard InChI is InChI=1S/C22H22FN7O2S/c1-3-4-10-29-17-18(26-20(29)28-9-5-6-14(24)12-28)27(2)22(32)30(19(17)31)21-25-15-11-13(23)7-8-16(15)33-21/h7-8,11,14H,3,5-6,9,12,24H2,1-2H3. The van der Waals surface area contributed by atoms with Gasteiger partial charge in [0, 0.05) is 44.7 Å². The molecule has 0 spiro atoms. The summed E-state index contributed by atoms with van der Waals surface area (Å²) in [6.45, 7) is 3.23. The second kappa shape index (κ2) is 8.13. The maximum atomic E-state index is 13.7. The van der Waals surface area contributed by atoms with Crippen LogP contribution in [0.25, 0.3) is 26.5 Å². The second-order valence-corrected chi connectivity index (χ2v) is 9.01. The summed E-state index contributed by atoms with van der Waals surface area (Å²) in [5.41, 5.74) is 5.83. The maximum Gasteiger partial charge on any atom is 0.339 e. The third-order valence-electron chi connectivity index (χ3n) is 5.68. The van der Waals surface area contributed by atoms with Crippen LogP contribution in [0.5, 0.6) is 0 Å². The number of imidazole rings is 1. The van der Waals surface area contributed by atoms with Crippen molar-refractivity contribution in [3.63, 3.8) is 0 Å². The Kier molecular flexibility index (Phi) is 5.26. The Morgan fingerprint density at radius 2 is 2.12 bits per heavy atom. The first-order valence-corrected chi connectivity index (χ1v) is 11.5. The van der Waals surface area contributed by atoms with Gasteiger partial charge >= 0.3 is 5.69 Å². The van der Waals surface area contributed by atoms with E-state index in [4.69, 9.17) is 5.73 Å². The van der Waals surface area contributed by atoms with Crippen LogP contribution >= 0.6 is 11.3 Å². The molecule has 5 rings (SSSR count). The number of thiazole rings is 1. The quantitative estimate of drug-likeness (QED) is 0.451. The molecule has 4 heterocycles. The molecule has 1 atom stereocenters. The Morgan fingerprint density at radius 3 is 2.88 bits per heavy atom. The zero-order valence-corrected chi connectivity index (χ0v) is 19.0. The molecule has 2 N–H and O–H groups in total. The van der Waals surface area contributed by atoms with Gasteiger partial charge in [-0.2, -0.15) is 9.55 Å². The number of halogens is 1. The van der Waals surface area contributed by atoms with E-state index in [9.17, 15) is 14.0 Å². The fraction of sp³-hybridized carbons (Fsp3) is 0.364. The minimum atomic E-state index is -0.581. The SMILES string of the molecule is CCC#Cn1c(N2CCCC(N)C2)nc2c1c(=O)n(-c1nc3cc(F)ccc3s1)c(=O)n2C. The van der Waals surface area contributed by atoms with Crippen molar-refractivity contribution in [2.24, 2.45) is 12.8 Å². The van der Waals surface area contributed by atoms with Gasteiger partial charge < -0.3 is 10.6 Å². The molecule has 0 aliphatic carbocycles. The van der Waals surface area contributed by atoms with Crippen LogP contribution in [-0.2, 0) is 7.05 Å². The van der Waals surface area contributed by atoms with E-state index in [0.29, 0.717) is 29.1 Å². The van der Waals surface area contributed by atoms with Crippen molar-refractivity contribution < 1.29 is 4.39 Å². The average molecular weight is 468 g/mol. The lowest BCUT2D eigenvalue weighted by Crippen LogP contribution is -2.43. The first-order chi connectivity index (χ1) is 15.9. The third-order valence-corrected chi connectivity index (χ3v) is 6.70. The highest BCUT2D eigenvalue weighted by atomic mass is 32.1. The lowest BCUT2D eigenvalue weighted by atomic mass is 10.1. The molecule has 1 unspecified atom stereocenters. The highest BCUT2D eigenvalue weighted by Gasteiger charge is 2.27. The number of nitrogens with zero attached hydrogens (tertiary/aromatic N) is 6. The molecular weight excluding hydrogens is 445 g/mol. The van der Waals surface area contributed by atoms with Gasteiger partial charge in [0.05, 0.1) is 10.2 Å². The summed E-state index contributed by atoms with van der Waals surface area (Å²) in [7, 11) is 1.56. The number of hydrogen-bond donors (Lipinski definition) is 1. The number of fused-ring (bicyclic) bond motifs is 2. The molecule has 0 bridgehead atoms. The highest BCUT2D eigenvalue weighted by Crippen LogP contribution is 2.26. The van der Waals surface area contributed by atoms with Crippen molar-refractivity contribution in [2.75, 3.05) is 18.0 Å². The van der Waals surface area contributed by atoms with Gasteiger partial charge in [0.2, 0.25) is 11.1 Å². The molecule has 4 aromatic rings. The van der Waals surface area contributed by atoms with E-state index in [-0.39, 0.29) is 22.3 Å². The number of aryl methyl sites for hydroxylation is 1. The molecular formula is C22H22FN7O2S. The van der Waals surface area contributed by atoms with Crippen LogP contribution in [0.15, 0.2) is 27.8 Å². The molecule has 1 aliphatic rings. The van der Waals surface area contributed by atoms with Gasteiger partial charge in [-0.15, -0.1) is 0 Å².